The van der Waals surface area contributed by atoms with E-state index in [9.17, 15) is 0 Å². The summed E-state index contributed by atoms with van der Waals surface area (Å²) in [7, 11) is 0. The van der Waals surface area contributed by atoms with Crippen LogP contribution in [-0.2, 0) is 6.54 Å². The Kier molecular flexibility index (Phi) is 2.93. The third kappa shape index (κ3) is 1.89. The molecule has 1 aliphatic heterocycles. The molecule has 0 saturated heterocycles. The minimum Gasteiger partial charge on any atom is -0.328 e. The molecule has 0 N–H and O–H groups in total. The van der Waals surface area contributed by atoms with Crippen LogP contribution in [0.4, 0.5) is 0 Å². The molecule has 0 fully saturated rings. The van der Waals surface area contributed by atoms with Gasteiger partial charge in [0.25, 0.3) is 0 Å². The second-order valence-corrected chi connectivity index (χ2v) is 6.47. The van der Waals surface area contributed by atoms with Crippen molar-refractivity contribution in [2.24, 2.45) is 0 Å². The van der Waals surface area contributed by atoms with Crippen molar-refractivity contribution in [2.45, 2.75) is 6.54 Å². The Bertz CT molecular complexity index is 1050. The summed E-state index contributed by atoms with van der Waals surface area (Å²) in [6, 6.07) is 18.3. The van der Waals surface area contributed by atoms with E-state index in [0.717, 1.165) is 39.9 Å². The topological polar surface area (TPSA) is 48.5 Å². The summed E-state index contributed by atoms with van der Waals surface area (Å²) in [6.07, 6.45) is 1.78. The van der Waals surface area contributed by atoms with E-state index in [2.05, 4.69) is 64.5 Å². The van der Waals surface area contributed by atoms with Gasteiger partial charge < -0.3 is 4.57 Å². The minimum atomic E-state index is 0.754. The number of hydrogen-bond donors (Lipinski definition) is 0. The smallest absolute Gasteiger partial charge is 0.187 e. The second-order valence-electron chi connectivity index (χ2n) is 5.65. The molecule has 0 radical (unpaired) electrons. The molecule has 1 aromatic carbocycles. The Morgan fingerprint density at radius 3 is 2.58 bits per heavy atom. The number of fused-ring (bicyclic) bond motifs is 5. The van der Waals surface area contributed by atoms with Crippen LogP contribution in [-0.4, -0.2) is 24.3 Å². The maximum atomic E-state index is 4.48. The summed E-state index contributed by atoms with van der Waals surface area (Å²) >= 11 is 3.64. The zero-order valence-corrected chi connectivity index (χ0v) is 14.2. The maximum Gasteiger partial charge on any atom is 0.187 e. The summed E-state index contributed by atoms with van der Waals surface area (Å²) in [4.78, 5) is 4.45. The summed E-state index contributed by atoms with van der Waals surface area (Å²) in [6.45, 7) is 0.782. The highest BCUT2D eigenvalue weighted by atomic mass is 79.9. The van der Waals surface area contributed by atoms with Crippen LogP contribution in [0.5, 0.6) is 0 Å². The summed E-state index contributed by atoms with van der Waals surface area (Å²) in [5, 5.41) is 8.92. The summed E-state index contributed by atoms with van der Waals surface area (Å²) in [5.74, 6) is 1.58. The van der Waals surface area contributed by atoms with Crippen molar-refractivity contribution in [3.05, 3.63) is 71.0 Å². The molecule has 0 aliphatic carbocycles. The van der Waals surface area contributed by atoms with Gasteiger partial charge in [0.1, 0.15) is 5.69 Å². The molecule has 0 amide bonds. The van der Waals surface area contributed by atoms with E-state index in [-0.39, 0.29) is 0 Å². The first kappa shape index (κ1) is 13.7. The van der Waals surface area contributed by atoms with Crippen LogP contribution >= 0.6 is 15.9 Å². The van der Waals surface area contributed by atoms with Crippen LogP contribution in [0, 0.1) is 0 Å². The summed E-state index contributed by atoms with van der Waals surface area (Å²) in [5.41, 5.74) is 4.15. The van der Waals surface area contributed by atoms with Gasteiger partial charge >= 0.3 is 0 Å². The van der Waals surface area contributed by atoms with Crippen LogP contribution in [0.25, 0.3) is 28.7 Å². The predicted molar refractivity (Wildman–Crippen MR) is 94.8 cm³/mol. The standard InChI is InChI=1S/C18H12BrN5/c19-16-9-8-15-18-22-21-17(13-6-3-4-10-20-13)24(18)14-7-2-1-5-12(14)11-23(15)16/h1-10H,11H2. The van der Waals surface area contributed by atoms with Crippen molar-refractivity contribution in [3.8, 4) is 28.7 Å². The molecular weight excluding hydrogens is 366 g/mol. The molecule has 24 heavy (non-hydrogen) atoms. The number of para-hydroxylation sites is 1. The van der Waals surface area contributed by atoms with Crippen LogP contribution < -0.4 is 0 Å². The van der Waals surface area contributed by atoms with E-state index in [1.807, 2.05) is 30.3 Å². The fraction of sp³-hybridized carbons (Fsp3) is 0.0556. The Morgan fingerprint density at radius 2 is 1.71 bits per heavy atom. The predicted octanol–water partition coefficient (Wildman–Crippen LogP) is 3.92. The van der Waals surface area contributed by atoms with E-state index in [1.165, 1.54) is 5.56 Å². The molecule has 5 rings (SSSR count). The Labute approximate surface area is 146 Å². The fourth-order valence-electron chi connectivity index (χ4n) is 3.17. The molecule has 0 bridgehead atoms. The number of benzene rings is 1. The Hall–Kier alpha value is -2.73. The number of aromatic nitrogens is 5. The Balaban J connectivity index is 1.88. The lowest BCUT2D eigenvalue weighted by atomic mass is 10.1. The van der Waals surface area contributed by atoms with Gasteiger partial charge in [-0.3, -0.25) is 9.55 Å². The third-order valence-electron chi connectivity index (χ3n) is 4.27. The van der Waals surface area contributed by atoms with Gasteiger partial charge in [-0.15, -0.1) is 10.2 Å². The second kappa shape index (κ2) is 5.14. The summed E-state index contributed by atoms with van der Waals surface area (Å²) < 4.78 is 5.33. The van der Waals surface area contributed by atoms with Gasteiger partial charge in [-0.05, 0) is 51.8 Å². The molecule has 116 valence electrons. The highest BCUT2D eigenvalue weighted by Crippen LogP contribution is 2.35. The largest absolute Gasteiger partial charge is 0.328 e. The van der Waals surface area contributed by atoms with Gasteiger partial charge in [-0.2, -0.15) is 0 Å². The number of halogens is 1. The number of rotatable bonds is 1. The van der Waals surface area contributed by atoms with Gasteiger partial charge in [-0.25, -0.2) is 0 Å². The molecule has 0 saturated carbocycles. The Morgan fingerprint density at radius 1 is 0.875 bits per heavy atom. The highest BCUT2D eigenvalue weighted by molar-refractivity contribution is 9.10. The molecule has 3 aromatic heterocycles. The normalized spacial score (nSPS) is 12.2. The lowest BCUT2D eigenvalue weighted by molar-refractivity contribution is 0.797. The zero-order chi connectivity index (χ0) is 16.1. The van der Waals surface area contributed by atoms with E-state index >= 15 is 0 Å². The van der Waals surface area contributed by atoms with E-state index < -0.39 is 0 Å². The first-order valence-corrected chi connectivity index (χ1v) is 8.43. The first-order valence-electron chi connectivity index (χ1n) is 7.63. The van der Waals surface area contributed by atoms with Gasteiger partial charge in [0, 0.05) is 6.20 Å². The average Bonchev–Trinajstić information content (AvgIpc) is 3.17. The zero-order valence-electron chi connectivity index (χ0n) is 12.6. The van der Waals surface area contributed by atoms with Crippen molar-refractivity contribution < 1.29 is 0 Å². The third-order valence-corrected chi connectivity index (χ3v) is 4.97. The van der Waals surface area contributed by atoms with Crippen molar-refractivity contribution in [1.29, 1.82) is 0 Å². The van der Waals surface area contributed by atoms with E-state index in [4.69, 9.17) is 0 Å². The molecular formula is C18H12BrN5. The number of hydrogen-bond acceptors (Lipinski definition) is 3. The molecule has 0 atom stereocenters. The first-order chi connectivity index (χ1) is 11.8. The van der Waals surface area contributed by atoms with Gasteiger partial charge in [-0.1, -0.05) is 24.3 Å². The van der Waals surface area contributed by atoms with Gasteiger partial charge in [0.05, 0.1) is 22.5 Å². The van der Waals surface area contributed by atoms with Crippen LogP contribution in [0.1, 0.15) is 5.56 Å². The van der Waals surface area contributed by atoms with Gasteiger partial charge in [0.2, 0.25) is 0 Å². The molecule has 5 nitrogen and oxygen atoms in total. The molecule has 4 heterocycles. The lowest BCUT2D eigenvalue weighted by Crippen LogP contribution is -2.02. The van der Waals surface area contributed by atoms with Gasteiger partial charge in [0.15, 0.2) is 11.6 Å². The van der Waals surface area contributed by atoms with Crippen LogP contribution in [0.3, 0.4) is 0 Å². The minimum absolute atomic E-state index is 0.754. The maximum absolute atomic E-state index is 4.48. The lowest BCUT2D eigenvalue weighted by Gasteiger charge is -2.11. The molecule has 4 aromatic rings. The monoisotopic (exact) mass is 377 g/mol. The van der Waals surface area contributed by atoms with E-state index in [0.29, 0.717) is 0 Å². The van der Waals surface area contributed by atoms with Crippen LogP contribution in [0.2, 0.25) is 0 Å². The van der Waals surface area contributed by atoms with Crippen molar-refractivity contribution in [3.63, 3.8) is 0 Å². The van der Waals surface area contributed by atoms with Crippen molar-refractivity contribution in [1.82, 2.24) is 24.3 Å². The SMILES string of the molecule is Brc1ccc2n1Cc1ccccc1-n1c(-c3ccccn3)nnc1-2. The highest BCUT2D eigenvalue weighted by Gasteiger charge is 2.25. The number of nitrogens with zero attached hydrogens (tertiary/aromatic N) is 5. The quantitative estimate of drug-likeness (QED) is 0.444. The van der Waals surface area contributed by atoms with Crippen molar-refractivity contribution >= 4 is 15.9 Å². The molecule has 1 aliphatic rings. The van der Waals surface area contributed by atoms with E-state index in [1.54, 1.807) is 6.20 Å². The average molecular weight is 378 g/mol. The number of pyridine rings is 1. The fourth-order valence-corrected chi connectivity index (χ4v) is 3.62. The molecule has 0 spiro atoms. The molecule has 6 heteroatoms. The van der Waals surface area contributed by atoms with Crippen molar-refractivity contribution in [2.75, 3.05) is 0 Å². The molecule has 0 unspecified atom stereocenters. The van der Waals surface area contributed by atoms with Crippen LogP contribution in [0.15, 0.2) is 65.4 Å².